The van der Waals surface area contributed by atoms with Crippen molar-refractivity contribution in [2.24, 2.45) is 16.8 Å². The molecule has 0 amide bonds. The van der Waals surface area contributed by atoms with E-state index < -0.39 is 0 Å². The summed E-state index contributed by atoms with van der Waals surface area (Å²) < 4.78 is 0. The molecule has 1 rings (SSSR count). The van der Waals surface area contributed by atoms with Gasteiger partial charge in [-0.05, 0) is 13.0 Å². The molecule has 0 aromatic heterocycles. The molecule has 56 valence electrons. The first kappa shape index (κ1) is 7.44. The maximum atomic E-state index is 5.36. The fraction of sp³-hybridized carbons (Fsp3) is 0.571. The van der Waals surface area contributed by atoms with Gasteiger partial charge in [-0.1, -0.05) is 6.92 Å². The Morgan fingerprint density at radius 1 is 1.70 bits per heavy atom. The minimum Gasteiger partial charge on any atom is -0.271 e. The average molecular weight is 139 g/mol. The van der Waals surface area contributed by atoms with E-state index in [4.69, 9.17) is 5.84 Å². The summed E-state index contributed by atoms with van der Waals surface area (Å²) in [5.74, 6) is 5.71. The minimum atomic E-state index is -0.123. The normalized spacial score (nSPS) is 38.5. The van der Waals surface area contributed by atoms with Crippen LogP contribution in [0.3, 0.4) is 0 Å². The van der Waals surface area contributed by atoms with Gasteiger partial charge in [-0.2, -0.15) is 0 Å². The van der Waals surface area contributed by atoms with Crippen LogP contribution in [0.2, 0.25) is 0 Å². The van der Waals surface area contributed by atoms with Gasteiger partial charge in [-0.15, -0.1) is 0 Å². The third-order valence-electron chi connectivity index (χ3n) is 2.07. The van der Waals surface area contributed by atoms with Crippen LogP contribution >= 0.6 is 0 Å². The molecule has 0 bridgehead atoms. The van der Waals surface area contributed by atoms with Gasteiger partial charge < -0.3 is 0 Å². The predicted octanol–water partition coefficient (Wildman–Crippen LogP) is 0.443. The Labute approximate surface area is 61.0 Å². The van der Waals surface area contributed by atoms with Crippen molar-refractivity contribution in [1.82, 2.24) is 5.43 Å². The molecule has 1 heterocycles. The quantitative estimate of drug-likeness (QED) is 0.409. The smallest absolute Gasteiger partial charge is 0.0564 e. The van der Waals surface area contributed by atoms with Crippen LogP contribution in [-0.4, -0.2) is 11.8 Å². The molecular formula is C7H13N3. The van der Waals surface area contributed by atoms with Crippen molar-refractivity contribution in [3.8, 4) is 0 Å². The van der Waals surface area contributed by atoms with Gasteiger partial charge in [0, 0.05) is 18.3 Å². The van der Waals surface area contributed by atoms with Gasteiger partial charge in [0.05, 0.1) is 5.54 Å². The third-order valence-corrected chi connectivity index (χ3v) is 2.07. The second kappa shape index (κ2) is 2.52. The lowest BCUT2D eigenvalue weighted by Gasteiger charge is -2.30. The molecular weight excluding hydrogens is 126 g/mol. The molecule has 1 aliphatic rings. The number of hydrogen-bond acceptors (Lipinski definition) is 3. The zero-order valence-electron chi connectivity index (χ0n) is 6.33. The molecule has 0 saturated carbocycles. The zero-order chi connectivity index (χ0) is 7.61. The number of nitrogens with two attached hydrogens (primary N) is 1. The third kappa shape index (κ3) is 1.10. The average Bonchev–Trinajstić information content (AvgIpc) is 1.96. The van der Waals surface area contributed by atoms with E-state index in [2.05, 4.69) is 17.3 Å². The van der Waals surface area contributed by atoms with E-state index in [9.17, 15) is 0 Å². The van der Waals surface area contributed by atoms with Crippen LogP contribution in [0, 0.1) is 5.92 Å². The number of hydrazine groups is 1. The van der Waals surface area contributed by atoms with Crippen LogP contribution in [-0.2, 0) is 0 Å². The van der Waals surface area contributed by atoms with E-state index in [-0.39, 0.29) is 5.54 Å². The summed E-state index contributed by atoms with van der Waals surface area (Å²) in [6.45, 7) is 4.12. The molecule has 0 aliphatic carbocycles. The molecule has 2 atom stereocenters. The Bertz CT molecular complexity index is 174. The van der Waals surface area contributed by atoms with Crippen LogP contribution in [0.5, 0.6) is 0 Å². The maximum absolute atomic E-state index is 5.36. The molecule has 1 aliphatic heterocycles. The Morgan fingerprint density at radius 2 is 2.40 bits per heavy atom. The number of nitrogens with zero attached hydrogens (tertiary/aromatic N) is 1. The van der Waals surface area contributed by atoms with E-state index in [0.717, 1.165) is 0 Å². The maximum Gasteiger partial charge on any atom is 0.0564 e. The Kier molecular flexibility index (Phi) is 1.87. The topological polar surface area (TPSA) is 50.4 Å². The molecule has 0 aromatic rings. The molecule has 3 N–H and O–H groups in total. The summed E-state index contributed by atoms with van der Waals surface area (Å²) in [6.07, 6.45) is 5.62. The van der Waals surface area contributed by atoms with Crippen LogP contribution in [0.15, 0.2) is 17.3 Å². The minimum absolute atomic E-state index is 0.123. The van der Waals surface area contributed by atoms with Crippen LogP contribution in [0.4, 0.5) is 0 Å². The van der Waals surface area contributed by atoms with Gasteiger partial charge in [-0.25, -0.2) is 0 Å². The fourth-order valence-corrected chi connectivity index (χ4v) is 0.863. The monoisotopic (exact) mass is 139 g/mol. The number of hydrogen-bond donors (Lipinski definition) is 2. The highest BCUT2D eigenvalue weighted by atomic mass is 15.3. The molecule has 0 fully saturated rings. The summed E-state index contributed by atoms with van der Waals surface area (Å²) in [4.78, 5) is 4.00. The lowest BCUT2D eigenvalue weighted by molar-refractivity contribution is 0.380. The van der Waals surface area contributed by atoms with Crippen molar-refractivity contribution in [2.75, 3.05) is 0 Å². The molecule has 3 nitrogen and oxygen atoms in total. The number of nitrogens with one attached hydrogen (secondary N) is 1. The van der Waals surface area contributed by atoms with E-state index >= 15 is 0 Å². The summed E-state index contributed by atoms with van der Waals surface area (Å²) in [7, 11) is 0. The van der Waals surface area contributed by atoms with E-state index in [0.29, 0.717) is 5.92 Å². The van der Waals surface area contributed by atoms with Gasteiger partial charge in [0.25, 0.3) is 0 Å². The lowest BCUT2D eigenvalue weighted by Crippen LogP contribution is -2.51. The van der Waals surface area contributed by atoms with Crippen LogP contribution in [0.25, 0.3) is 0 Å². The second-order valence-corrected chi connectivity index (χ2v) is 2.83. The first-order valence-corrected chi connectivity index (χ1v) is 3.38. The molecule has 3 heteroatoms. The highest BCUT2D eigenvalue weighted by molar-refractivity contribution is 5.65. The summed E-state index contributed by atoms with van der Waals surface area (Å²) >= 11 is 0. The van der Waals surface area contributed by atoms with Gasteiger partial charge in [0.1, 0.15) is 0 Å². The van der Waals surface area contributed by atoms with Gasteiger partial charge in [0.2, 0.25) is 0 Å². The Morgan fingerprint density at radius 3 is 2.80 bits per heavy atom. The molecule has 0 aromatic carbocycles. The molecule has 10 heavy (non-hydrogen) atoms. The van der Waals surface area contributed by atoms with Crippen molar-refractivity contribution in [2.45, 2.75) is 19.4 Å². The van der Waals surface area contributed by atoms with Gasteiger partial charge in [-0.3, -0.25) is 16.3 Å². The highest BCUT2D eigenvalue weighted by Gasteiger charge is 2.26. The van der Waals surface area contributed by atoms with E-state index in [1.54, 1.807) is 6.20 Å². The van der Waals surface area contributed by atoms with Crippen molar-refractivity contribution in [1.29, 1.82) is 0 Å². The zero-order valence-corrected chi connectivity index (χ0v) is 6.33. The first-order chi connectivity index (χ1) is 4.69. The molecule has 0 saturated heterocycles. The van der Waals surface area contributed by atoms with Crippen LogP contribution in [0.1, 0.15) is 13.8 Å². The Hall–Kier alpha value is -0.670. The number of rotatable bonds is 1. The number of aliphatic imine (C=N–C) groups is 1. The molecule has 0 spiro atoms. The summed E-state index contributed by atoms with van der Waals surface area (Å²) in [6, 6.07) is 0. The predicted molar refractivity (Wildman–Crippen MR) is 42.5 cm³/mol. The van der Waals surface area contributed by atoms with E-state index in [1.165, 1.54) is 0 Å². The van der Waals surface area contributed by atoms with Crippen molar-refractivity contribution in [3.63, 3.8) is 0 Å². The van der Waals surface area contributed by atoms with Crippen LogP contribution < -0.4 is 11.3 Å². The standard InChI is InChI=1S/C7H13N3/c1-6-5-9-4-3-7(6,2)10-8/h3-6,10H,8H2,1-2H3. The fourth-order valence-electron chi connectivity index (χ4n) is 0.863. The van der Waals surface area contributed by atoms with Crippen molar-refractivity contribution in [3.05, 3.63) is 12.3 Å². The Balaban J connectivity index is 2.77. The van der Waals surface area contributed by atoms with Crippen molar-refractivity contribution < 1.29 is 0 Å². The lowest BCUT2D eigenvalue weighted by atomic mass is 9.87. The highest BCUT2D eigenvalue weighted by Crippen LogP contribution is 2.18. The van der Waals surface area contributed by atoms with Gasteiger partial charge >= 0.3 is 0 Å². The SMILES string of the molecule is CC1C=NC=CC1(C)NN. The van der Waals surface area contributed by atoms with Crippen molar-refractivity contribution >= 4 is 6.21 Å². The second-order valence-electron chi connectivity index (χ2n) is 2.83. The molecule has 0 radical (unpaired) electrons. The first-order valence-electron chi connectivity index (χ1n) is 3.38. The summed E-state index contributed by atoms with van der Waals surface area (Å²) in [5.41, 5.74) is 2.63. The van der Waals surface area contributed by atoms with Gasteiger partial charge in [0.15, 0.2) is 0 Å². The van der Waals surface area contributed by atoms with E-state index in [1.807, 2.05) is 19.2 Å². The molecule has 2 unspecified atom stereocenters. The largest absolute Gasteiger partial charge is 0.271 e. The summed E-state index contributed by atoms with van der Waals surface area (Å²) in [5, 5.41) is 0.